The smallest absolute Gasteiger partial charge is 0.226 e. The van der Waals surface area contributed by atoms with E-state index in [1.54, 1.807) is 24.4 Å². The third-order valence-corrected chi connectivity index (χ3v) is 7.88. The van der Waals surface area contributed by atoms with Gasteiger partial charge >= 0.3 is 0 Å². The van der Waals surface area contributed by atoms with Crippen LogP contribution in [0.3, 0.4) is 0 Å². The summed E-state index contributed by atoms with van der Waals surface area (Å²) in [5.74, 6) is -0.759. The predicted octanol–water partition coefficient (Wildman–Crippen LogP) is 6.59. The second-order valence-electron chi connectivity index (χ2n) is 9.62. The molecule has 2 aromatic heterocycles. The summed E-state index contributed by atoms with van der Waals surface area (Å²) >= 11 is 12.1. The number of para-hydroxylation sites is 1. The minimum Gasteiger partial charge on any atom is -0.352 e. The SMILES string of the molecule is Cc1c(C2C(c3ccccn3)NC(=S)N2CCC(=O)Nc2ccccc2F)c(C)n(-c2cccc(Cl)c2)c1C. The molecule has 1 aliphatic heterocycles. The number of pyridine rings is 1. The molecule has 0 saturated carbocycles. The van der Waals surface area contributed by atoms with Gasteiger partial charge in [0.15, 0.2) is 5.11 Å². The summed E-state index contributed by atoms with van der Waals surface area (Å²) in [5, 5.41) is 7.34. The van der Waals surface area contributed by atoms with E-state index in [0.29, 0.717) is 16.7 Å². The molecule has 2 unspecified atom stereocenters. The van der Waals surface area contributed by atoms with Gasteiger partial charge < -0.3 is 20.1 Å². The Balaban J connectivity index is 1.52. The van der Waals surface area contributed by atoms with Crippen LogP contribution in [0.5, 0.6) is 0 Å². The normalized spacial score (nSPS) is 16.8. The zero-order chi connectivity index (χ0) is 27.7. The minimum atomic E-state index is -0.471. The van der Waals surface area contributed by atoms with Crippen molar-refractivity contribution in [2.75, 3.05) is 11.9 Å². The van der Waals surface area contributed by atoms with Crippen molar-refractivity contribution in [2.24, 2.45) is 0 Å². The molecule has 9 heteroatoms. The van der Waals surface area contributed by atoms with Gasteiger partial charge in [-0.3, -0.25) is 9.78 Å². The molecule has 3 heterocycles. The number of halogens is 2. The molecule has 1 amide bonds. The largest absolute Gasteiger partial charge is 0.352 e. The van der Waals surface area contributed by atoms with Gasteiger partial charge in [0.25, 0.3) is 0 Å². The van der Waals surface area contributed by atoms with Crippen molar-refractivity contribution in [1.29, 1.82) is 0 Å². The van der Waals surface area contributed by atoms with Gasteiger partial charge in [-0.1, -0.05) is 35.9 Å². The van der Waals surface area contributed by atoms with E-state index in [1.165, 1.54) is 6.07 Å². The molecule has 2 N–H and O–H groups in total. The number of hydrogen-bond acceptors (Lipinski definition) is 3. The number of carbonyl (C=O) groups is 1. The molecule has 0 radical (unpaired) electrons. The van der Waals surface area contributed by atoms with Crippen LogP contribution in [0, 0.1) is 26.6 Å². The lowest BCUT2D eigenvalue weighted by molar-refractivity contribution is -0.116. The van der Waals surface area contributed by atoms with Crippen LogP contribution in [0.15, 0.2) is 72.9 Å². The average molecular weight is 562 g/mol. The first-order valence-corrected chi connectivity index (χ1v) is 13.5. The van der Waals surface area contributed by atoms with Crippen LogP contribution < -0.4 is 10.6 Å². The van der Waals surface area contributed by atoms with Crippen LogP contribution in [0.2, 0.25) is 5.02 Å². The van der Waals surface area contributed by atoms with Crippen molar-refractivity contribution in [3.8, 4) is 5.69 Å². The first kappa shape index (κ1) is 26.8. The van der Waals surface area contributed by atoms with Crippen molar-refractivity contribution < 1.29 is 9.18 Å². The van der Waals surface area contributed by atoms with Crippen LogP contribution >= 0.6 is 23.8 Å². The summed E-state index contributed by atoms with van der Waals surface area (Å²) in [4.78, 5) is 19.5. The summed E-state index contributed by atoms with van der Waals surface area (Å²) in [7, 11) is 0. The van der Waals surface area contributed by atoms with E-state index >= 15 is 0 Å². The highest BCUT2D eigenvalue weighted by atomic mass is 35.5. The molecule has 200 valence electrons. The van der Waals surface area contributed by atoms with Crippen LogP contribution in [0.4, 0.5) is 10.1 Å². The standard InChI is InChI=1S/C30H29ClFN5OS/c1-18-19(2)37(22-10-8-9-21(31)17-22)20(3)27(18)29-28(25-13-6-7-15-33-25)35-30(39)36(29)16-14-26(38)34-24-12-5-4-11-23(24)32/h4-13,15,17,28-29H,14,16H2,1-3H3,(H,34,38)(H,35,39). The van der Waals surface area contributed by atoms with Crippen molar-refractivity contribution in [1.82, 2.24) is 19.8 Å². The van der Waals surface area contributed by atoms with Crippen LogP contribution in [-0.2, 0) is 4.79 Å². The van der Waals surface area contributed by atoms with E-state index < -0.39 is 5.82 Å². The number of hydrogen-bond donors (Lipinski definition) is 2. The fraction of sp³-hybridized carbons (Fsp3) is 0.233. The van der Waals surface area contributed by atoms with Crippen LogP contribution in [-0.4, -0.2) is 32.0 Å². The third kappa shape index (κ3) is 5.27. The van der Waals surface area contributed by atoms with Gasteiger partial charge in [-0.2, -0.15) is 0 Å². The van der Waals surface area contributed by atoms with E-state index in [0.717, 1.165) is 33.9 Å². The van der Waals surface area contributed by atoms with E-state index in [-0.39, 0.29) is 30.1 Å². The maximum absolute atomic E-state index is 14.1. The Morgan fingerprint density at radius 2 is 1.85 bits per heavy atom. The minimum absolute atomic E-state index is 0.133. The number of aromatic nitrogens is 2. The predicted molar refractivity (Wildman–Crippen MR) is 157 cm³/mol. The molecular weight excluding hydrogens is 533 g/mol. The topological polar surface area (TPSA) is 62.2 Å². The molecule has 4 aromatic rings. The zero-order valence-electron chi connectivity index (χ0n) is 21.9. The molecule has 6 nitrogen and oxygen atoms in total. The lowest BCUT2D eigenvalue weighted by atomic mass is 9.93. The zero-order valence-corrected chi connectivity index (χ0v) is 23.5. The van der Waals surface area contributed by atoms with Gasteiger partial charge in [-0.25, -0.2) is 4.39 Å². The fourth-order valence-electron chi connectivity index (χ4n) is 5.40. The summed E-state index contributed by atoms with van der Waals surface area (Å²) < 4.78 is 16.3. The first-order chi connectivity index (χ1) is 18.8. The summed E-state index contributed by atoms with van der Waals surface area (Å²) in [5.41, 5.74) is 6.40. The fourth-order valence-corrected chi connectivity index (χ4v) is 5.92. The Morgan fingerprint density at radius 1 is 1.08 bits per heavy atom. The molecule has 1 saturated heterocycles. The summed E-state index contributed by atoms with van der Waals surface area (Å²) in [6.07, 6.45) is 1.90. The Hall–Kier alpha value is -3.75. The monoisotopic (exact) mass is 561 g/mol. The van der Waals surface area contributed by atoms with Gasteiger partial charge in [0.2, 0.25) is 5.91 Å². The number of rotatable bonds is 7. The second-order valence-corrected chi connectivity index (χ2v) is 10.4. The van der Waals surface area contributed by atoms with Gasteiger partial charge in [0.05, 0.1) is 23.5 Å². The highest BCUT2D eigenvalue weighted by molar-refractivity contribution is 7.80. The molecule has 1 fully saturated rings. The summed E-state index contributed by atoms with van der Waals surface area (Å²) in [6, 6.07) is 19.3. The maximum atomic E-state index is 14.1. The van der Waals surface area contributed by atoms with E-state index in [4.69, 9.17) is 23.8 Å². The lowest BCUT2D eigenvalue weighted by Crippen LogP contribution is -2.33. The molecule has 1 aliphatic rings. The number of thiocarbonyl (C=S) groups is 1. The third-order valence-electron chi connectivity index (χ3n) is 7.29. The first-order valence-electron chi connectivity index (χ1n) is 12.7. The Bertz CT molecular complexity index is 1540. The van der Waals surface area contributed by atoms with Gasteiger partial charge in [0.1, 0.15) is 5.82 Å². The van der Waals surface area contributed by atoms with Crippen LogP contribution in [0.25, 0.3) is 5.69 Å². The number of nitrogens with zero attached hydrogens (tertiary/aromatic N) is 3. The van der Waals surface area contributed by atoms with E-state index in [9.17, 15) is 9.18 Å². The lowest BCUT2D eigenvalue weighted by Gasteiger charge is -2.29. The highest BCUT2D eigenvalue weighted by Crippen LogP contribution is 2.43. The quantitative estimate of drug-likeness (QED) is 0.249. The number of amides is 1. The number of nitrogens with one attached hydrogen (secondary N) is 2. The number of carbonyl (C=O) groups excluding carboxylic acids is 1. The number of benzene rings is 2. The van der Waals surface area contributed by atoms with E-state index in [2.05, 4.69) is 41.0 Å². The van der Waals surface area contributed by atoms with E-state index in [1.807, 2.05) is 47.4 Å². The molecular formula is C30H29ClFN5OS. The van der Waals surface area contributed by atoms with Crippen molar-refractivity contribution >= 4 is 40.5 Å². The van der Waals surface area contributed by atoms with Gasteiger partial charge in [-0.05, 0) is 81.0 Å². The Kier molecular flexibility index (Phi) is 7.68. The Labute approximate surface area is 237 Å². The number of anilines is 1. The van der Waals surface area contributed by atoms with Crippen molar-refractivity contribution in [2.45, 2.75) is 39.3 Å². The Morgan fingerprint density at radius 3 is 2.56 bits per heavy atom. The summed E-state index contributed by atoms with van der Waals surface area (Å²) in [6.45, 7) is 6.64. The van der Waals surface area contributed by atoms with Crippen molar-refractivity contribution in [3.63, 3.8) is 0 Å². The molecule has 0 bridgehead atoms. The molecule has 39 heavy (non-hydrogen) atoms. The van der Waals surface area contributed by atoms with Crippen LogP contribution in [0.1, 0.15) is 46.7 Å². The molecule has 0 aliphatic carbocycles. The molecule has 2 aromatic carbocycles. The van der Waals surface area contributed by atoms with Gasteiger partial charge in [-0.15, -0.1) is 0 Å². The maximum Gasteiger partial charge on any atom is 0.226 e. The van der Waals surface area contributed by atoms with Gasteiger partial charge in [0, 0.05) is 46.8 Å². The molecule has 5 rings (SSSR count). The molecule has 2 atom stereocenters. The second kappa shape index (κ2) is 11.2. The molecule has 0 spiro atoms. The average Bonchev–Trinajstić information content (AvgIpc) is 3.35. The van der Waals surface area contributed by atoms with Crippen molar-refractivity contribution in [3.05, 3.63) is 112 Å². The highest BCUT2D eigenvalue weighted by Gasteiger charge is 2.42.